The van der Waals surface area contributed by atoms with E-state index < -0.39 is 0 Å². The molecule has 1 aromatic rings. The lowest BCUT2D eigenvalue weighted by atomic mass is 10.0. The van der Waals surface area contributed by atoms with Gasteiger partial charge in [-0.15, -0.1) is 0 Å². The maximum absolute atomic E-state index is 12.3. The zero-order valence-corrected chi connectivity index (χ0v) is 12.2. The summed E-state index contributed by atoms with van der Waals surface area (Å²) >= 11 is 5.06. The lowest BCUT2D eigenvalue weighted by Crippen LogP contribution is -2.42. The van der Waals surface area contributed by atoms with E-state index in [1.54, 1.807) is 11.7 Å². The molecule has 1 amide bonds. The first-order chi connectivity index (χ1) is 9.02. The van der Waals surface area contributed by atoms with E-state index in [2.05, 4.69) is 10.4 Å². The van der Waals surface area contributed by atoms with Crippen LogP contribution in [-0.4, -0.2) is 26.7 Å². The summed E-state index contributed by atoms with van der Waals surface area (Å²) in [4.78, 5) is 12.8. The summed E-state index contributed by atoms with van der Waals surface area (Å²) < 4.78 is 1.62. The molecule has 1 aliphatic rings. The molecular formula is C13H20N4OS. The minimum Gasteiger partial charge on any atom is -0.393 e. The number of carbonyl (C=O) groups excluding carboxylic acids is 1. The van der Waals surface area contributed by atoms with Gasteiger partial charge in [-0.05, 0) is 25.3 Å². The molecular weight excluding hydrogens is 260 g/mol. The van der Waals surface area contributed by atoms with Crippen LogP contribution in [0.15, 0.2) is 6.07 Å². The number of hydrogen-bond acceptors (Lipinski definition) is 3. The SMILES string of the molecule is CCc1cc(C(=O)NC2CCCC2C(N)=S)n(C)n1. The van der Waals surface area contributed by atoms with Gasteiger partial charge in [0.15, 0.2) is 0 Å². The molecule has 2 atom stereocenters. The third kappa shape index (κ3) is 2.94. The van der Waals surface area contributed by atoms with Crippen LogP contribution in [0.25, 0.3) is 0 Å². The van der Waals surface area contributed by atoms with Crippen LogP contribution in [0.4, 0.5) is 0 Å². The number of carbonyl (C=O) groups is 1. The molecule has 0 bridgehead atoms. The first-order valence-electron chi connectivity index (χ1n) is 6.66. The monoisotopic (exact) mass is 280 g/mol. The Kier molecular flexibility index (Phi) is 4.19. The molecule has 1 aromatic heterocycles. The molecule has 1 aliphatic carbocycles. The van der Waals surface area contributed by atoms with Gasteiger partial charge in [0.25, 0.3) is 5.91 Å². The molecule has 0 radical (unpaired) electrons. The number of nitrogens with two attached hydrogens (primary N) is 1. The van der Waals surface area contributed by atoms with Gasteiger partial charge >= 0.3 is 0 Å². The standard InChI is InChI=1S/C13H20N4OS/c1-3-8-7-11(17(2)16-8)13(18)15-10-6-4-5-9(10)12(14)19/h7,9-10H,3-6H2,1-2H3,(H2,14,19)(H,15,18). The zero-order chi connectivity index (χ0) is 14.0. The van der Waals surface area contributed by atoms with Crippen molar-refractivity contribution in [1.29, 1.82) is 0 Å². The van der Waals surface area contributed by atoms with Crippen molar-refractivity contribution in [1.82, 2.24) is 15.1 Å². The molecule has 3 N–H and O–H groups in total. The van der Waals surface area contributed by atoms with Crippen molar-refractivity contribution in [2.24, 2.45) is 18.7 Å². The molecule has 1 saturated carbocycles. The van der Waals surface area contributed by atoms with Gasteiger partial charge in [0.2, 0.25) is 0 Å². The number of thiocarbonyl (C=S) groups is 1. The lowest BCUT2D eigenvalue weighted by Gasteiger charge is -2.19. The number of amides is 1. The summed E-state index contributed by atoms with van der Waals surface area (Å²) in [5.41, 5.74) is 7.23. The molecule has 2 rings (SSSR count). The Bertz CT molecular complexity index is 497. The fraction of sp³-hybridized carbons (Fsp3) is 0.615. The summed E-state index contributed by atoms with van der Waals surface area (Å²) in [5.74, 6) is 0.0284. The van der Waals surface area contributed by atoms with E-state index in [0.29, 0.717) is 10.7 Å². The largest absolute Gasteiger partial charge is 0.393 e. The smallest absolute Gasteiger partial charge is 0.269 e. The zero-order valence-electron chi connectivity index (χ0n) is 11.3. The second-order valence-electron chi connectivity index (χ2n) is 5.02. The van der Waals surface area contributed by atoms with Gasteiger partial charge in [0.1, 0.15) is 5.69 Å². The maximum Gasteiger partial charge on any atom is 0.269 e. The van der Waals surface area contributed by atoms with E-state index in [-0.39, 0.29) is 17.9 Å². The van der Waals surface area contributed by atoms with E-state index in [0.717, 1.165) is 31.4 Å². The second kappa shape index (κ2) is 5.69. The average molecular weight is 280 g/mol. The predicted octanol–water partition coefficient (Wildman–Crippen LogP) is 1.17. The number of nitrogens with one attached hydrogen (secondary N) is 1. The van der Waals surface area contributed by atoms with Gasteiger partial charge in [0.05, 0.1) is 10.7 Å². The molecule has 104 valence electrons. The minimum atomic E-state index is -0.0946. The number of rotatable bonds is 4. The topological polar surface area (TPSA) is 72.9 Å². The number of nitrogens with zero attached hydrogens (tertiary/aromatic N) is 2. The molecule has 1 fully saturated rings. The van der Waals surface area contributed by atoms with Crippen LogP contribution >= 0.6 is 12.2 Å². The first-order valence-corrected chi connectivity index (χ1v) is 7.06. The van der Waals surface area contributed by atoms with E-state index in [1.807, 2.05) is 13.0 Å². The van der Waals surface area contributed by atoms with Gasteiger partial charge in [-0.25, -0.2) is 0 Å². The number of aromatic nitrogens is 2. The van der Waals surface area contributed by atoms with Crippen molar-refractivity contribution < 1.29 is 4.79 Å². The number of aryl methyl sites for hydroxylation is 2. The molecule has 6 heteroatoms. The molecule has 19 heavy (non-hydrogen) atoms. The predicted molar refractivity (Wildman–Crippen MR) is 78.0 cm³/mol. The maximum atomic E-state index is 12.3. The Labute approximate surface area is 118 Å². The first kappa shape index (κ1) is 14.0. The molecule has 0 saturated heterocycles. The van der Waals surface area contributed by atoms with Crippen LogP contribution in [0.3, 0.4) is 0 Å². The third-order valence-corrected chi connectivity index (χ3v) is 4.03. The second-order valence-corrected chi connectivity index (χ2v) is 5.49. The highest BCUT2D eigenvalue weighted by atomic mass is 32.1. The Morgan fingerprint density at radius 3 is 2.95 bits per heavy atom. The highest BCUT2D eigenvalue weighted by Gasteiger charge is 2.31. The van der Waals surface area contributed by atoms with Crippen LogP contribution in [0.1, 0.15) is 42.4 Å². The van der Waals surface area contributed by atoms with Gasteiger partial charge in [0, 0.05) is 19.0 Å². The van der Waals surface area contributed by atoms with E-state index in [9.17, 15) is 4.79 Å². The molecule has 0 aliphatic heterocycles. The summed E-state index contributed by atoms with van der Waals surface area (Å²) in [6.45, 7) is 2.02. The van der Waals surface area contributed by atoms with Gasteiger partial charge in [-0.2, -0.15) is 5.10 Å². The van der Waals surface area contributed by atoms with Crippen molar-refractivity contribution >= 4 is 23.1 Å². The lowest BCUT2D eigenvalue weighted by molar-refractivity contribution is 0.0924. The van der Waals surface area contributed by atoms with Crippen LogP contribution in [0.5, 0.6) is 0 Å². The molecule has 0 aromatic carbocycles. The van der Waals surface area contributed by atoms with Crippen molar-refractivity contribution in [3.63, 3.8) is 0 Å². The van der Waals surface area contributed by atoms with E-state index in [1.165, 1.54) is 0 Å². The molecule has 2 unspecified atom stereocenters. The van der Waals surface area contributed by atoms with Crippen molar-refractivity contribution in [2.75, 3.05) is 0 Å². The summed E-state index contributed by atoms with van der Waals surface area (Å²) in [6, 6.07) is 1.89. The molecule has 1 heterocycles. The highest BCUT2D eigenvalue weighted by molar-refractivity contribution is 7.80. The highest BCUT2D eigenvalue weighted by Crippen LogP contribution is 2.26. The molecule has 5 nitrogen and oxygen atoms in total. The van der Waals surface area contributed by atoms with Crippen LogP contribution in [-0.2, 0) is 13.5 Å². The fourth-order valence-corrected chi connectivity index (χ4v) is 2.91. The van der Waals surface area contributed by atoms with Gasteiger partial charge < -0.3 is 11.1 Å². The Hall–Kier alpha value is -1.43. The van der Waals surface area contributed by atoms with Crippen LogP contribution in [0, 0.1) is 5.92 Å². The van der Waals surface area contributed by atoms with Crippen molar-refractivity contribution in [3.05, 3.63) is 17.5 Å². The quantitative estimate of drug-likeness (QED) is 0.812. The van der Waals surface area contributed by atoms with Gasteiger partial charge in [-0.3, -0.25) is 9.48 Å². The van der Waals surface area contributed by atoms with Crippen LogP contribution in [0.2, 0.25) is 0 Å². The summed E-state index contributed by atoms with van der Waals surface area (Å²) in [7, 11) is 1.79. The average Bonchev–Trinajstić information content (AvgIpc) is 2.95. The number of hydrogen-bond donors (Lipinski definition) is 2. The Morgan fingerprint density at radius 2 is 2.37 bits per heavy atom. The summed E-state index contributed by atoms with van der Waals surface area (Å²) in [5, 5.41) is 7.32. The van der Waals surface area contributed by atoms with Crippen molar-refractivity contribution in [2.45, 2.75) is 38.6 Å². The fourth-order valence-electron chi connectivity index (χ4n) is 2.63. The summed E-state index contributed by atoms with van der Waals surface area (Å²) in [6.07, 6.45) is 3.77. The molecule has 0 spiro atoms. The minimum absolute atomic E-state index is 0.0602. The van der Waals surface area contributed by atoms with Crippen LogP contribution < -0.4 is 11.1 Å². The van der Waals surface area contributed by atoms with Gasteiger partial charge in [-0.1, -0.05) is 25.6 Å². The van der Waals surface area contributed by atoms with E-state index >= 15 is 0 Å². The Morgan fingerprint density at radius 1 is 1.63 bits per heavy atom. The normalized spacial score (nSPS) is 22.4. The Balaban J connectivity index is 2.08. The van der Waals surface area contributed by atoms with Crippen molar-refractivity contribution in [3.8, 4) is 0 Å². The van der Waals surface area contributed by atoms with E-state index in [4.69, 9.17) is 18.0 Å². The third-order valence-electron chi connectivity index (χ3n) is 3.72.